The quantitative estimate of drug-likeness (QED) is 0.379. The first-order valence-electron chi connectivity index (χ1n) is 13.9. The second-order valence-corrected chi connectivity index (χ2v) is 10.7. The molecule has 0 bridgehead atoms. The normalized spacial score (nSPS) is 19.3. The van der Waals surface area contributed by atoms with Crippen molar-refractivity contribution in [2.24, 2.45) is 13.0 Å². The smallest absolute Gasteiger partial charge is 0.227 e. The minimum Gasteiger partial charge on any atom is -0.340 e. The van der Waals surface area contributed by atoms with Crippen LogP contribution in [0.25, 0.3) is 11.0 Å². The van der Waals surface area contributed by atoms with Gasteiger partial charge in [-0.3, -0.25) is 14.6 Å². The minimum absolute atomic E-state index is 0.0732. The SMILES string of the molecule is Cn1c(CN2CCC[C@H](C(=O)N3CCN(C(c4ccccc4)c4ccccc4)CC3)C2)nc2ccccc21. The molecule has 6 rings (SSSR count). The number of piperazine rings is 1. The van der Waals surface area contributed by atoms with Gasteiger partial charge in [-0.15, -0.1) is 0 Å². The lowest BCUT2D eigenvalue weighted by Gasteiger charge is -2.42. The van der Waals surface area contributed by atoms with E-state index >= 15 is 0 Å². The molecule has 0 unspecified atom stereocenters. The van der Waals surface area contributed by atoms with Gasteiger partial charge in [0.25, 0.3) is 0 Å². The molecule has 2 fully saturated rings. The van der Waals surface area contributed by atoms with Crippen molar-refractivity contribution in [1.29, 1.82) is 0 Å². The number of aromatic nitrogens is 2. The summed E-state index contributed by atoms with van der Waals surface area (Å²) in [4.78, 5) is 25.6. The summed E-state index contributed by atoms with van der Waals surface area (Å²) >= 11 is 0. The van der Waals surface area contributed by atoms with E-state index in [0.29, 0.717) is 5.91 Å². The van der Waals surface area contributed by atoms with Gasteiger partial charge in [0.15, 0.2) is 0 Å². The first-order chi connectivity index (χ1) is 18.7. The average Bonchev–Trinajstić information content (AvgIpc) is 3.29. The molecule has 2 aliphatic rings. The maximum absolute atomic E-state index is 13.6. The molecule has 4 aromatic rings. The summed E-state index contributed by atoms with van der Waals surface area (Å²) in [5.74, 6) is 1.47. The molecule has 2 aliphatic heterocycles. The summed E-state index contributed by atoms with van der Waals surface area (Å²) in [6.07, 6.45) is 2.04. The van der Waals surface area contributed by atoms with Gasteiger partial charge in [-0.25, -0.2) is 4.98 Å². The Morgan fingerprint density at radius 1 is 0.842 bits per heavy atom. The van der Waals surface area contributed by atoms with E-state index in [4.69, 9.17) is 4.98 Å². The Morgan fingerprint density at radius 3 is 2.13 bits per heavy atom. The number of rotatable bonds is 6. The highest BCUT2D eigenvalue weighted by molar-refractivity contribution is 5.79. The van der Waals surface area contributed by atoms with Crippen LogP contribution in [0.3, 0.4) is 0 Å². The molecule has 1 amide bonds. The highest BCUT2D eigenvalue weighted by Crippen LogP contribution is 2.30. The number of likely N-dealkylation sites (tertiary alicyclic amines) is 1. The van der Waals surface area contributed by atoms with Gasteiger partial charge in [-0.2, -0.15) is 0 Å². The van der Waals surface area contributed by atoms with Crippen LogP contribution in [0.4, 0.5) is 0 Å². The van der Waals surface area contributed by atoms with E-state index in [1.807, 2.05) is 6.07 Å². The van der Waals surface area contributed by atoms with Gasteiger partial charge >= 0.3 is 0 Å². The number of fused-ring (bicyclic) bond motifs is 1. The molecule has 0 radical (unpaired) electrons. The van der Waals surface area contributed by atoms with Crippen LogP contribution >= 0.6 is 0 Å². The third-order valence-corrected chi connectivity index (χ3v) is 8.32. The summed E-state index contributed by atoms with van der Waals surface area (Å²) in [6.45, 7) is 5.98. The second kappa shape index (κ2) is 11.1. The molecule has 2 saturated heterocycles. The number of carbonyl (C=O) groups excluding carboxylic acids is 1. The summed E-state index contributed by atoms with van der Waals surface area (Å²) < 4.78 is 2.19. The van der Waals surface area contributed by atoms with Crippen LogP contribution in [0.15, 0.2) is 84.9 Å². The fourth-order valence-corrected chi connectivity index (χ4v) is 6.28. The molecule has 0 spiro atoms. The zero-order chi connectivity index (χ0) is 25.9. The van der Waals surface area contributed by atoms with E-state index in [-0.39, 0.29) is 12.0 Å². The molecular weight excluding hydrogens is 470 g/mol. The molecule has 6 heteroatoms. The average molecular weight is 508 g/mol. The Bertz CT molecular complexity index is 1320. The molecule has 0 aliphatic carbocycles. The van der Waals surface area contributed by atoms with Gasteiger partial charge in [0.1, 0.15) is 5.82 Å². The van der Waals surface area contributed by atoms with Crippen molar-refractivity contribution in [2.75, 3.05) is 39.3 Å². The zero-order valence-electron chi connectivity index (χ0n) is 22.2. The van der Waals surface area contributed by atoms with Crippen molar-refractivity contribution < 1.29 is 4.79 Å². The number of hydrogen-bond donors (Lipinski definition) is 0. The Morgan fingerprint density at radius 2 is 1.47 bits per heavy atom. The fraction of sp³-hybridized carbons (Fsp3) is 0.375. The van der Waals surface area contributed by atoms with E-state index in [2.05, 4.69) is 105 Å². The standard InChI is InChI=1S/C32H37N5O/c1-34-29-17-9-8-16-28(29)33-30(34)24-35-18-10-15-27(23-35)32(38)37-21-19-36(20-22-37)31(25-11-4-2-5-12-25)26-13-6-3-7-14-26/h2-9,11-14,16-17,27,31H,10,15,18-24H2,1H3/t27-/m0/s1. The predicted octanol–water partition coefficient (Wildman–Crippen LogP) is 4.72. The topological polar surface area (TPSA) is 44.6 Å². The molecule has 1 aromatic heterocycles. The maximum atomic E-state index is 13.6. The van der Waals surface area contributed by atoms with Crippen molar-refractivity contribution in [3.63, 3.8) is 0 Å². The Hall–Kier alpha value is -3.48. The largest absolute Gasteiger partial charge is 0.340 e. The van der Waals surface area contributed by atoms with E-state index in [0.717, 1.165) is 75.5 Å². The van der Waals surface area contributed by atoms with Crippen molar-refractivity contribution in [1.82, 2.24) is 24.3 Å². The number of para-hydroxylation sites is 2. The molecule has 0 saturated carbocycles. The number of piperidine rings is 1. The Balaban J connectivity index is 1.09. The molecule has 0 N–H and O–H groups in total. The van der Waals surface area contributed by atoms with Gasteiger partial charge in [0.2, 0.25) is 5.91 Å². The number of aryl methyl sites for hydroxylation is 1. The van der Waals surface area contributed by atoms with E-state index in [1.165, 1.54) is 11.1 Å². The van der Waals surface area contributed by atoms with Crippen LogP contribution in [-0.4, -0.2) is 69.4 Å². The third kappa shape index (κ3) is 5.11. The zero-order valence-corrected chi connectivity index (χ0v) is 22.2. The van der Waals surface area contributed by atoms with E-state index in [9.17, 15) is 4.79 Å². The van der Waals surface area contributed by atoms with E-state index < -0.39 is 0 Å². The number of amides is 1. The van der Waals surface area contributed by atoms with Crippen LogP contribution < -0.4 is 0 Å². The maximum Gasteiger partial charge on any atom is 0.227 e. The summed E-state index contributed by atoms with van der Waals surface area (Å²) in [5, 5.41) is 0. The van der Waals surface area contributed by atoms with Crippen molar-refractivity contribution >= 4 is 16.9 Å². The van der Waals surface area contributed by atoms with Crippen molar-refractivity contribution in [2.45, 2.75) is 25.4 Å². The lowest BCUT2D eigenvalue weighted by atomic mass is 9.95. The Kier molecular flexibility index (Phi) is 7.25. The first-order valence-corrected chi connectivity index (χ1v) is 13.9. The third-order valence-electron chi connectivity index (χ3n) is 8.32. The number of carbonyl (C=O) groups is 1. The molecule has 38 heavy (non-hydrogen) atoms. The van der Waals surface area contributed by atoms with Crippen LogP contribution in [-0.2, 0) is 18.4 Å². The predicted molar refractivity (Wildman–Crippen MR) is 152 cm³/mol. The molecule has 3 aromatic carbocycles. The number of hydrogen-bond acceptors (Lipinski definition) is 4. The van der Waals surface area contributed by atoms with Crippen molar-refractivity contribution in [3.8, 4) is 0 Å². The van der Waals surface area contributed by atoms with E-state index in [1.54, 1.807) is 0 Å². The fourth-order valence-electron chi connectivity index (χ4n) is 6.28. The summed E-state index contributed by atoms with van der Waals surface area (Å²) in [7, 11) is 2.09. The van der Waals surface area contributed by atoms with Gasteiger partial charge in [-0.1, -0.05) is 72.8 Å². The summed E-state index contributed by atoms with van der Waals surface area (Å²) in [6, 6.07) is 30.0. The van der Waals surface area contributed by atoms with Gasteiger partial charge in [0.05, 0.1) is 29.5 Å². The van der Waals surface area contributed by atoms with Gasteiger partial charge in [0, 0.05) is 39.8 Å². The van der Waals surface area contributed by atoms with Crippen LogP contribution in [0.5, 0.6) is 0 Å². The Labute approximate surface area is 225 Å². The lowest BCUT2D eigenvalue weighted by Crippen LogP contribution is -2.53. The van der Waals surface area contributed by atoms with Crippen molar-refractivity contribution in [3.05, 3.63) is 102 Å². The molecular formula is C32H37N5O. The van der Waals surface area contributed by atoms with Crippen LogP contribution in [0.1, 0.15) is 35.8 Å². The number of nitrogens with zero attached hydrogens (tertiary/aromatic N) is 5. The minimum atomic E-state index is 0.0732. The van der Waals surface area contributed by atoms with Gasteiger partial charge in [-0.05, 0) is 42.6 Å². The highest BCUT2D eigenvalue weighted by atomic mass is 16.2. The molecule has 1 atom stereocenters. The molecule has 3 heterocycles. The molecule has 196 valence electrons. The number of benzene rings is 3. The monoisotopic (exact) mass is 507 g/mol. The highest BCUT2D eigenvalue weighted by Gasteiger charge is 2.33. The lowest BCUT2D eigenvalue weighted by molar-refractivity contribution is -0.139. The second-order valence-electron chi connectivity index (χ2n) is 10.7. The first kappa shape index (κ1) is 24.8. The number of imidazole rings is 1. The van der Waals surface area contributed by atoms with Gasteiger partial charge < -0.3 is 9.47 Å². The van der Waals surface area contributed by atoms with Crippen LogP contribution in [0, 0.1) is 5.92 Å². The van der Waals surface area contributed by atoms with Crippen LogP contribution in [0.2, 0.25) is 0 Å². The molecule has 6 nitrogen and oxygen atoms in total. The summed E-state index contributed by atoms with van der Waals surface area (Å²) in [5.41, 5.74) is 4.82.